The van der Waals surface area contributed by atoms with Gasteiger partial charge in [0.25, 0.3) is 0 Å². The predicted molar refractivity (Wildman–Crippen MR) is 304 cm³/mol. The van der Waals surface area contributed by atoms with Gasteiger partial charge in [0.1, 0.15) is 5.58 Å². The van der Waals surface area contributed by atoms with Crippen LogP contribution in [-0.4, -0.2) is 27.6 Å². The van der Waals surface area contributed by atoms with Crippen molar-refractivity contribution in [1.29, 1.82) is 0 Å². The molecule has 0 aliphatic carbocycles. The van der Waals surface area contributed by atoms with E-state index in [1.165, 1.54) is 38.6 Å². The molecule has 0 aliphatic heterocycles. The molecule has 0 atom stereocenters. The second-order valence-electron chi connectivity index (χ2n) is 20.3. The number of benzene rings is 8. The summed E-state index contributed by atoms with van der Waals surface area (Å²) in [7, 11) is -1.23. The molecule has 0 fully saturated rings. The third kappa shape index (κ3) is 9.65. The van der Waals surface area contributed by atoms with Crippen molar-refractivity contribution in [3.8, 4) is 61.7 Å². The first-order chi connectivity index (χ1) is 35.0. The number of hydrogen-bond donors (Lipinski definition) is 0. The zero-order valence-corrected chi connectivity index (χ0v) is 45.6. The first-order valence-corrected chi connectivity index (χ1v) is 28.5. The second-order valence-corrected chi connectivity index (χ2v) is 25.3. The molecule has 0 saturated heterocycles. The van der Waals surface area contributed by atoms with Gasteiger partial charge in [-0.1, -0.05) is 186 Å². The molecule has 0 bridgehead atoms. The van der Waals surface area contributed by atoms with E-state index in [0.29, 0.717) is 0 Å². The number of imidazole rings is 1. The fourth-order valence-electron chi connectivity index (χ4n) is 9.80. The molecule has 73 heavy (non-hydrogen) atoms. The predicted octanol–water partition coefficient (Wildman–Crippen LogP) is 17.3. The van der Waals surface area contributed by atoms with Gasteiger partial charge < -0.3 is 14.0 Å². The van der Waals surface area contributed by atoms with Crippen LogP contribution in [0.1, 0.15) is 50.7 Å². The maximum atomic E-state index is 6.90. The van der Waals surface area contributed by atoms with E-state index in [9.17, 15) is 0 Å². The fourth-order valence-corrected chi connectivity index (χ4v) is 10.8. The van der Waals surface area contributed by atoms with Crippen LogP contribution in [0.4, 0.5) is 0 Å². The number of rotatable bonds is 9. The Balaban J connectivity index is 0.000000307. The summed E-state index contributed by atoms with van der Waals surface area (Å²) in [5.74, 6) is 1.25. The molecule has 8 aromatic carbocycles. The molecule has 12 aromatic rings. The summed E-state index contributed by atoms with van der Waals surface area (Å²) in [5, 5.41) is 4.51. The molecule has 1 radical (unpaired) electrons. The molecule has 4 heterocycles. The monoisotopic (exact) mass is 1140 g/mol. The van der Waals surface area contributed by atoms with Crippen molar-refractivity contribution in [1.82, 2.24) is 19.5 Å². The van der Waals surface area contributed by atoms with Gasteiger partial charge in [-0.25, -0.2) is 0 Å². The molecule has 0 aliphatic rings. The molecule has 7 heteroatoms. The average Bonchev–Trinajstić information content (AvgIpc) is 4.00. The quantitative estimate of drug-likeness (QED) is 0.107. The molecular formula is C66H56IrN4OSi-2. The molecule has 361 valence electrons. The van der Waals surface area contributed by atoms with Gasteiger partial charge in [-0.05, 0) is 91.5 Å². The van der Waals surface area contributed by atoms with Crippen LogP contribution in [0.3, 0.4) is 0 Å². The Morgan fingerprint density at radius 2 is 1.14 bits per heavy atom. The molecule has 12 rings (SSSR count). The topological polar surface area (TPSA) is 56.7 Å². The summed E-state index contributed by atoms with van der Waals surface area (Å²) in [5.41, 5.74) is 18.0. The minimum atomic E-state index is -1.23. The van der Waals surface area contributed by atoms with E-state index >= 15 is 0 Å². The van der Waals surface area contributed by atoms with E-state index in [1.807, 2.05) is 54.9 Å². The van der Waals surface area contributed by atoms with Crippen molar-refractivity contribution in [2.24, 2.45) is 0 Å². The van der Waals surface area contributed by atoms with Gasteiger partial charge in [-0.15, -0.1) is 54.1 Å². The van der Waals surface area contributed by atoms with Crippen LogP contribution in [0.25, 0.3) is 106 Å². The van der Waals surface area contributed by atoms with E-state index in [4.69, 9.17) is 14.4 Å². The summed E-state index contributed by atoms with van der Waals surface area (Å²) >= 11 is 0. The van der Waals surface area contributed by atoms with Crippen LogP contribution in [0.2, 0.25) is 19.6 Å². The van der Waals surface area contributed by atoms with Crippen LogP contribution in [0.15, 0.2) is 205 Å². The van der Waals surface area contributed by atoms with Crippen molar-refractivity contribution in [3.05, 3.63) is 224 Å². The van der Waals surface area contributed by atoms with Gasteiger partial charge in [0.2, 0.25) is 0 Å². The van der Waals surface area contributed by atoms with Crippen molar-refractivity contribution < 1.29 is 24.5 Å². The Labute approximate surface area is 443 Å². The first-order valence-electron chi connectivity index (χ1n) is 25.0. The Morgan fingerprint density at radius 1 is 0.521 bits per heavy atom. The molecule has 0 saturated carbocycles. The Bertz CT molecular complexity index is 3850. The molecule has 4 aromatic heterocycles. The van der Waals surface area contributed by atoms with E-state index in [0.717, 1.165) is 83.3 Å². The molecule has 0 amide bonds. The van der Waals surface area contributed by atoms with Crippen molar-refractivity contribution in [2.75, 3.05) is 0 Å². The Kier molecular flexibility index (Phi) is 13.8. The van der Waals surface area contributed by atoms with Gasteiger partial charge in [0, 0.05) is 42.8 Å². The Morgan fingerprint density at radius 3 is 1.77 bits per heavy atom. The average molecular weight is 1140 g/mol. The molecule has 0 spiro atoms. The molecule has 5 nitrogen and oxygen atoms in total. The van der Waals surface area contributed by atoms with E-state index in [1.54, 1.807) is 0 Å². The van der Waals surface area contributed by atoms with Gasteiger partial charge in [0.05, 0.1) is 42.2 Å². The SMILES string of the molecule is CC(C)c1cc(-c2ccccc2)cc(C(C)C)c1-n1c(-c2[c-]ccc3c2oc2cc(-c4ccc(-c5ccccc5)cc4)ccc23)nc2c3ccccc3ncc21.C[Si](C)(C)c1ccc(-c2[c-]cccc2)nc1.[Ir]. The van der Waals surface area contributed by atoms with Gasteiger partial charge in [0.15, 0.2) is 0 Å². The number of para-hydroxylation sites is 1. The first kappa shape index (κ1) is 49.1. The number of furan rings is 1. The van der Waals surface area contributed by atoms with Gasteiger partial charge in [-0.3, -0.25) is 9.97 Å². The summed E-state index contributed by atoms with van der Waals surface area (Å²) in [6.45, 7) is 16.1. The summed E-state index contributed by atoms with van der Waals surface area (Å²) in [6.07, 6.45) is 4.00. The molecule has 0 N–H and O–H groups in total. The number of fused-ring (bicyclic) bond motifs is 6. The smallest absolute Gasteiger partial charge is 0.121 e. The number of aromatic nitrogens is 4. The normalized spacial score (nSPS) is 11.6. The molecular weight excluding hydrogens is 1090 g/mol. The molecule has 0 unspecified atom stereocenters. The maximum Gasteiger partial charge on any atom is 0.121 e. The van der Waals surface area contributed by atoms with Crippen LogP contribution >= 0.6 is 0 Å². The number of hydrogen-bond acceptors (Lipinski definition) is 4. The zero-order chi connectivity index (χ0) is 49.5. The van der Waals surface area contributed by atoms with E-state index in [2.05, 4.69) is 215 Å². The van der Waals surface area contributed by atoms with Crippen molar-refractivity contribution in [3.63, 3.8) is 0 Å². The minimum absolute atomic E-state index is 0. The fraction of sp³-hybridized carbons (Fsp3) is 0.136. The zero-order valence-electron chi connectivity index (χ0n) is 42.2. The van der Waals surface area contributed by atoms with Crippen LogP contribution < -0.4 is 5.19 Å². The third-order valence-electron chi connectivity index (χ3n) is 13.7. The number of pyridine rings is 2. The summed E-state index contributed by atoms with van der Waals surface area (Å²) < 4.78 is 9.24. The van der Waals surface area contributed by atoms with Crippen LogP contribution in [-0.2, 0) is 20.1 Å². The van der Waals surface area contributed by atoms with Crippen LogP contribution in [0.5, 0.6) is 0 Å². The van der Waals surface area contributed by atoms with Gasteiger partial charge >= 0.3 is 0 Å². The van der Waals surface area contributed by atoms with E-state index < -0.39 is 8.07 Å². The largest absolute Gasteiger partial charge is 0.501 e. The van der Waals surface area contributed by atoms with Crippen LogP contribution in [0, 0.1) is 12.1 Å². The van der Waals surface area contributed by atoms with Crippen molar-refractivity contribution >= 4 is 57.1 Å². The maximum absolute atomic E-state index is 6.90. The second kappa shape index (κ2) is 20.5. The standard InChI is InChI=1S/C52H40N3O.C14H16NSi.Ir/c1-32(2)44-28-39(35-16-9-6-10-17-35)29-45(33(3)4)50(44)55-47-31-53-46-21-12-11-18-42(46)49(47)54-52(55)43-20-13-19-41-40-27-26-38(30-48(40)56-51(41)43)37-24-22-36(23-25-37)34-14-7-5-8-15-34;1-16(2,3)13-9-10-14(15-11-13)12-7-5-4-6-8-12;/h5-19,21-33H,1-4H3;4-7,9-11H,1-3H3;/q2*-1;. The summed E-state index contributed by atoms with van der Waals surface area (Å²) in [6, 6.07) is 72.6. The van der Waals surface area contributed by atoms with Crippen molar-refractivity contribution in [2.45, 2.75) is 59.2 Å². The summed E-state index contributed by atoms with van der Waals surface area (Å²) in [4.78, 5) is 15.0. The minimum Gasteiger partial charge on any atom is -0.501 e. The third-order valence-corrected chi connectivity index (χ3v) is 15.8. The van der Waals surface area contributed by atoms with Gasteiger partial charge in [-0.2, -0.15) is 0 Å². The number of nitrogens with zero attached hydrogens (tertiary/aromatic N) is 4. The Hall–Kier alpha value is -7.54. The van der Waals surface area contributed by atoms with E-state index in [-0.39, 0.29) is 31.9 Å².